The molecule has 1 aliphatic rings. The van der Waals surface area contributed by atoms with E-state index in [1.54, 1.807) is 31.4 Å². The molecule has 0 radical (unpaired) electrons. The predicted molar refractivity (Wildman–Crippen MR) is 116 cm³/mol. The van der Waals surface area contributed by atoms with Gasteiger partial charge in [0, 0.05) is 5.92 Å². The number of carbonyl (C=O) groups excluding carboxylic acids is 1. The van der Waals surface area contributed by atoms with Crippen molar-refractivity contribution in [2.45, 2.75) is 37.3 Å². The summed E-state index contributed by atoms with van der Waals surface area (Å²) in [7, 11) is 1.62. The first-order chi connectivity index (χ1) is 14.6. The second-order valence-electron chi connectivity index (χ2n) is 7.18. The average Bonchev–Trinajstić information content (AvgIpc) is 2.80. The monoisotopic (exact) mass is 432 g/mol. The van der Waals surface area contributed by atoms with Crippen LogP contribution >= 0.6 is 11.8 Å². The minimum absolute atomic E-state index is 0.115. The Morgan fingerprint density at radius 3 is 2.40 bits per heavy atom. The van der Waals surface area contributed by atoms with Gasteiger partial charge in [-0.3, -0.25) is 0 Å². The van der Waals surface area contributed by atoms with Crippen LogP contribution in [0, 0.1) is 5.92 Å². The van der Waals surface area contributed by atoms with Crippen LogP contribution in [0.3, 0.4) is 0 Å². The molecule has 1 aliphatic heterocycles. The minimum Gasteiger partial charge on any atom is -0.497 e. The van der Waals surface area contributed by atoms with Crippen molar-refractivity contribution in [3.63, 3.8) is 0 Å². The van der Waals surface area contributed by atoms with Crippen molar-refractivity contribution in [3.8, 4) is 5.75 Å². The fraction of sp³-hybridized carbons (Fsp3) is 0.435. The zero-order valence-electron chi connectivity index (χ0n) is 17.4. The van der Waals surface area contributed by atoms with Crippen LogP contribution in [0.15, 0.2) is 54.6 Å². The summed E-state index contributed by atoms with van der Waals surface area (Å²) in [5, 5.41) is 9.92. The first kappa shape index (κ1) is 22.6. The van der Waals surface area contributed by atoms with E-state index in [4.69, 9.17) is 18.9 Å². The third-order valence-electron chi connectivity index (χ3n) is 5.21. The number of aliphatic hydroxyl groups is 1. The Balaban J connectivity index is 1.78. The Kier molecular flexibility index (Phi) is 8.16. The summed E-state index contributed by atoms with van der Waals surface area (Å²) in [5.41, 5.74) is 1.21. The average molecular weight is 433 g/mol. The standard InChI is InChI=1S/C23H28O6S/c1-15-20(29-22(25)17-7-5-4-6-8-17)21(19(13-24)28-23(15)30-3)27-14-16-9-11-18(26-2)12-10-16/h4-12,15,19-21,23-24H,13-14H2,1-3H3/t15?,19?,20-,21+,23+/m1/s1. The molecule has 6 nitrogen and oxygen atoms in total. The van der Waals surface area contributed by atoms with Gasteiger partial charge < -0.3 is 24.1 Å². The van der Waals surface area contributed by atoms with Crippen LogP contribution in [0.5, 0.6) is 5.75 Å². The zero-order valence-corrected chi connectivity index (χ0v) is 18.2. The van der Waals surface area contributed by atoms with E-state index >= 15 is 0 Å². The first-order valence-corrected chi connectivity index (χ1v) is 11.2. The van der Waals surface area contributed by atoms with E-state index in [1.165, 1.54) is 11.8 Å². The summed E-state index contributed by atoms with van der Waals surface area (Å²) in [6, 6.07) is 16.4. The van der Waals surface area contributed by atoms with Gasteiger partial charge in [0.25, 0.3) is 0 Å². The molecule has 2 aromatic rings. The molecule has 0 amide bonds. The zero-order chi connectivity index (χ0) is 21.5. The molecule has 3 rings (SSSR count). The van der Waals surface area contributed by atoms with E-state index in [-0.39, 0.29) is 18.0 Å². The van der Waals surface area contributed by atoms with E-state index in [0.717, 1.165) is 11.3 Å². The van der Waals surface area contributed by atoms with Crippen molar-refractivity contribution in [3.05, 3.63) is 65.7 Å². The highest BCUT2D eigenvalue weighted by atomic mass is 32.2. The summed E-state index contributed by atoms with van der Waals surface area (Å²) in [4.78, 5) is 12.7. The molecule has 0 aromatic heterocycles. The molecular weight excluding hydrogens is 404 g/mol. The molecule has 0 bridgehead atoms. The first-order valence-electron chi connectivity index (χ1n) is 9.87. The maximum absolute atomic E-state index is 12.7. The van der Waals surface area contributed by atoms with E-state index in [2.05, 4.69) is 0 Å². The van der Waals surface area contributed by atoms with E-state index in [9.17, 15) is 9.90 Å². The topological polar surface area (TPSA) is 74.2 Å². The Bertz CT molecular complexity index is 797. The van der Waals surface area contributed by atoms with Crippen LogP contribution in [0.25, 0.3) is 0 Å². The number of thioether (sulfide) groups is 1. The van der Waals surface area contributed by atoms with Gasteiger partial charge in [-0.25, -0.2) is 4.79 Å². The molecule has 5 atom stereocenters. The molecule has 162 valence electrons. The Hall–Kier alpha value is -2.06. The smallest absolute Gasteiger partial charge is 0.338 e. The molecule has 0 spiro atoms. The number of ether oxygens (including phenoxy) is 4. The number of rotatable bonds is 8. The van der Waals surface area contributed by atoms with Crippen molar-refractivity contribution < 1.29 is 28.8 Å². The molecule has 1 N–H and O–H groups in total. The lowest BCUT2D eigenvalue weighted by Gasteiger charge is -2.44. The van der Waals surface area contributed by atoms with Gasteiger partial charge in [-0.2, -0.15) is 0 Å². The van der Waals surface area contributed by atoms with E-state index in [1.807, 2.05) is 43.5 Å². The maximum atomic E-state index is 12.7. The molecule has 0 saturated carbocycles. The van der Waals surface area contributed by atoms with Gasteiger partial charge in [0.15, 0.2) is 0 Å². The molecule has 1 fully saturated rings. The molecule has 0 aliphatic carbocycles. The lowest BCUT2D eigenvalue weighted by molar-refractivity contribution is -0.204. The summed E-state index contributed by atoms with van der Waals surface area (Å²) >= 11 is 1.53. The molecule has 1 saturated heterocycles. The van der Waals surface area contributed by atoms with Crippen molar-refractivity contribution in [2.24, 2.45) is 5.92 Å². The van der Waals surface area contributed by atoms with Crippen molar-refractivity contribution in [1.29, 1.82) is 0 Å². The van der Waals surface area contributed by atoms with Gasteiger partial charge in [-0.05, 0) is 36.1 Å². The Morgan fingerprint density at radius 2 is 1.80 bits per heavy atom. The van der Waals surface area contributed by atoms with Crippen LogP contribution in [-0.4, -0.2) is 54.8 Å². The van der Waals surface area contributed by atoms with Gasteiger partial charge in [-0.15, -0.1) is 11.8 Å². The molecular formula is C23H28O6S. The van der Waals surface area contributed by atoms with Gasteiger partial charge >= 0.3 is 5.97 Å². The Labute approximate surface area is 181 Å². The van der Waals surface area contributed by atoms with Gasteiger partial charge in [-0.1, -0.05) is 37.3 Å². The van der Waals surface area contributed by atoms with Gasteiger partial charge in [0.05, 0.1) is 25.9 Å². The number of carbonyl (C=O) groups is 1. The number of benzene rings is 2. The summed E-state index contributed by atoms with van der Waals surface area (Å²) in [5.74, 6) is 0.236. The van der Waals surface area contributed by atoms with Crippen LogP contribution < -0.4 is 4.74 Å². The van der Waals surface area contributed by atoms with Gasteiger partial charge in [0.1, 0.15) is 29.5 Å². The van der Waals surface area contributed by atoms with Gasteiger partial charge in [0.2, 0.25) is 0 Å². The highest BCUT2D eigenvalue weighted by molar-refractivity contribution is 7.99. The fourth-order valence-corrected chi connectivity index (χ4v) is 4.35. The molecule has 1 heterocycles. The van der Waals surface area contributed by atoms with Crippen LogP contribution in [-0.2, 0) is 20.8 Å². The molecule has 30 heavy (non-hydrogen) atoms. The quantitative estimate of drug-likeness (QED) is 0.640. The van der Waals surface area contributed by atoms with E-state index < -0.39 is 24.3 Å². The number of hydrogen-bond donors (Lipinski definition) is 1. The minimum atomic E-state index is -0.594. The van der Waals surface area contributed by atoms with E-state index in [0.29, 0.717) is 12.2 Å². The predicted octanol–water partition coefficient (Wildman–Crippen LogP) is 3.52. The number of aliphatic hydroxyl groups excluding tert-OH is 1. The fourth-order valence-electron chi connectivity index (χ4n) is 3.51. The number of esters is 1. The lowest BCUT2D eigenvalue weighted by Crippen LogP contribution is -2.56. The maximum Gasteiger partial charge on any atom is 0.338 e. The third-order valence-corrected chi connectivity index (χ3v) is 6.22. The normalized spacial score (nSPS) is 26.2. The van der Waals surface area contributed by atoms with Crippen LogP contribution in [0.1, 0.15) is 22.8 Å². The summed E-state index contributed by atoms with van der Waals surface area (Å²) in [6.07, 6.45) is 0.192. The molecule has 2 aromatic carbocycles. The number of hydrogen-bond acceptors (Lipinski definition) is 7. The second kappa shape index (κ2) is 10.8. The van der Waals surface area contributed by atoms with Crippen molar-refractivity contribution in [1.82, 2.24) is 0 Å². The molecule has 2 unspecified atom stereocenters. The summed E-state index contributed by atoms with van der Waals surface area (Å²) < 4.78 is 23.3. The van der Waals surface area contributed by atoms with Crippen LogP contribution in [0.4, 0.5) is 0 Å². The van der Waals surface area contributed by atoms with Crippen molar-refractivity contribution >= 4 is 17.7 Å². The second-order valence-corrected chi connectivity index (χ2v) is 8.12. The Morgan fingerprint density at radius 1 is 1.10 bits per heavy atom. The lowest BCUT2D eigenvalue weighted by atomic mass is 9.93. The third kappa shape index (κ3) is 5.35. The SMILES string of the molecule is COc1ccc(CO[C@H]2C(CO)O[C@@H](SC)C(C)[C@H]2OC(=O)c2ccccc2)cc1. The largest absolute Gasteiger partial charge is 0.497 e. The highest BCUT2D eigenvalue weighted by Crippen LogP contribution is 2.35. The summed E-state index contributed by atoms with van der Waals surface area (Å²) in [6.45, 7) is 2.04. The number of methoxy groups -OCH3 is 1. The molecule has 7 heteroatoms. The van der Waals surface area contributed by atoms with Crippen LogP contribution in [0.2, 0.25) is 0 Å². The highest BCUT2D eigenvalue weighted by Gasteiger charge is 2.46. The van der Waals surface area contributed by atoms with Crippen molar-refractivity contribution in [2.75, 3.05) is 20.0 Å².